The minimum atomic E-state index is 0.550. The van der Waals surface area contributed by atoms with Crippen molar-refractivity contribution in [3.05, 3.63) is 24.4 Å². The molecule has 1 saturated carbocycles. The first-order valence-corrected chi connectivity index (χ1v) is 7.27. The van der Waals surface area contributed by atoms with Crippen LogP contribution in [0.25, 0.3) is 0 Å². The molecule has 1 N–H and O–H groups in total. The van der Waals surface area contributed by atoms with Crippen LogP contribution in [-0.4, -0.2) is 16.3 Å². The van der Waals surface area contributed by atoms with Crippen LogP contribution in [0.4, 0.5) is 5.82 Å². The van der Waals surface area contributed by atoms with E-state index in [0.717, 1.165) is 18.4 Å². The molecule has 0 radical (unpaired) electrons. The molecule has 3 nitrogen and oxygen atoms in total. The van der Waals surface area contributed by atoms with Gasteiger partial charge in [0.1, 0.15) is 5.82 Å². The summed E-state index contributed by atoms with van der Waals surface area (Å²) >= 11 is 0. The lowest BCUT2D eigenvalue weighted by Crippen LogP contribution is -2.19. The molecule has 0 saturated heterocycles. The van der Waals surface area contributed by atoms with Crippen molar-refractivity contribution < 1.29 is 0 Å². The quantitative estimate of drug-likeness (QED) is 0.803. The van der Waals surface area contributed by atoms with Crippen LogP contribution in [0.15, 0.2) is 24.4 Å². The molecule has 2 atom stereocenters. The van der Waals surface area contributed by atoms with E-state index in [4.69, 9.17) is 0 Å². The topological polar surface area (TPSA) is 29.9 Å². The fraction of sp³-hybridized carbons (Fsp3) is 0.667. The predicted molar refractivity (Wildman–Crippen MR) is 74.6 cm³/mol. The fourth-order valence-electron chi connectivity index (χ4n) is 2.85. The SMILES string of the molecule is CC(C1CC1)n1nccc1NCC1CC=CCC1. The van der Waals surface area contributed by atoms with Crippen LogP contribution in [0.2, 0.25) is 0 Å². The summed E-state index contributed by atoms with van der Waals surface area (Å²) < 4.78 is 2.18. The highest BCUT2D eigenvalue weighted by Crippen LogP contribution is 2.40. The molecule has 2 aliphatic carbocycles. The van der Waals surface area contributed by atoms with Gasteiger partial charge in [0.25, 0.3) is 0 Å². The molecule has 1 aromatic rings. The maximum absolute atomic E-state index is 4.48. The number of aromatic nitrogens is 2. The van der Waals surface area contributed by atoms with E-state index < -0.39 is 0 Å². The number of hydrogen-bond acceptors (Lipinski definition) is 2. The molecule has 1 aromatic heterocycles. The zero-order valence-corrected chi connectivity index (χ0v) is 11.2. The normalized spacial score (nSPS) is 25.1. The Morgan fingerprint density at radius 2 is 2.28 bits per heavy atom. The number of rotatable bonds is 5. The Hall–Kier alpha value is -1.25. The van der Waals surface area contributed by atoms with E-state index in [2.05, 4.69) is 40.2 Å². The first-order chi connectivity index (χ1) is 8.84. The summed E-state index contributed by atoms with van der Waals surface area (Å²) in [6.45, 7) is 3.37. The molecule has 2 unspecified atom stereocenters. The highest BCUT2D eigenvalue weighted by molar-refractivity contribution is 5.34. The zero-order valence-electron chi connectivity index (χ0n) is 11.2. The van der Waals surface area contributed by atoms with Crippen molar-refractivity contribution in [2.75, 3.05) is 11.9 Å². The van der Waals surface area contributed by atoms with Crippen LogP contribution in [0.3, 0.4) is 0 Å². The van der Waals surface area contributed by atoms with Crippen molar-refractivity contribution in [1.82, 2.24) is 9.78 Å². The van der Waals surface area contributed by atoms with Gasteiger partial charge in [-0.1, -0.05) is 12.2 Å². The van der Waals surface area contributed by atoms with E-state index in [0.29, 0.717) is 6.04 Å². The largest absolute Gasteiger partial charge is 0.370 e. The molecular weight excluding hydrogens is 222 g/mol. The van der Waals surface area contributed by atoms with Crippen LogP contribution < -0.4 is 5.32 Å². The first-order valence-electron chi connectivity index (χ1n) is 7.27. The minimum Gasteiger partial charge on any atom is -0.370 e. The maximum Gasteiger partial charge on any atom is 0.124 e. The number of nitrogens with zero attached hydrogens (tertiary/aromatic N) is 2. The number of nitrogens with one attached hydrogen (secondary N) is 1. The van der Waals surface area contributed by atoms with Crippen molar-refractivity contribution >= 4 is 5.82 Å². The Morgan fingerprint density at radius 3 is 3.00 bits per heavy atom. The number of allylic oxidation sites excluding steroid dienone is 2. The Balaban J connectivity index is 1.58. The lowest BCUT2D eigenvalue weighted by molar-refractivity contribution is 0.440. The molecule has 1 fully saturated rings. The van der Waals surface area contributed by atoms with E-state index in [1.165, 1.54) is 37.9 Å². The van der Waals surface area contributed by atoms with Gasteiger partial charge in [-0.05, 0) is 50.9 Å². The summed E-state index contributed by atoms with van der Waals surface area (Å²) in [5, 5.41) is 8.07. The smallest absolute Gasteiger partial charge is 0.124 e. The Bertz CT molecular complexity index is 417. The van der Waals surface area contributed by atoms with Crippen molar-refractivity contribution in [1.29, 1.82) is 0 Å². The van der Waals surface area contributed by atoms with E-state index in [1.807, 2.05) is 6.20 Å². The van der Waals surface area contributed by atoms with Crippen LogP contribution in [0.1, 0.15) is 45.1 Å². The zero-order chi connectivity index (χ0) is 12.4. The summed E-state index contributed by atoms with van der Waals surface area (Å²) in [5.41, 5.74) is 0. The van der Waals surface area contributed by atoms with Gasteiger partial charge in [-0.25, -0.2) is 4.68 Å². The molecule has 0 aromatic carbocycles. The third-order valence-corrected chi connectivity index (χ3v) is 4.31. The fourth-order valence-corrected chi connectivity index (χ4v) is 2.85. The summed E-state index contributed by atoms with van der Waals surface area (Å²) in [7, 11) is 0. The summed E-state index contributed by atoms with van der Waals surface area (Å²) in [6, 6.07) is 2.66. The van der Waals surface area contributed by atoms with Crippen molar-refractivity contribution in [3.63, 3.8) is 0 Å². The lowest BCUT2D eigenvalue weighted by Gasteiger charge is -2.21. The molecule has 0 bridgehead atoms. The number of hydrogen-bond donors (Lipinski definition) is 1. The lowest BCUT2D eigenvalue weighted by atomic mass is 9.94. The van der Waals surface area contributed by atoms with E-state index in [-0.39, 0.29) is 0 Å². The molecule has 0 amide bonds. The summed E-state index contributed by atoms with van der Waals surface area (Å²) in [5.74, 6) is 2.83. The van der Waals surface area contributed by atoms with Crippen molar-refractivity contribution in [2.24, 2.45) is 11.8 Å². The van der Waals surface area contributed by atoms with Gasteiger partial charge in [0.2, 0.25) is 0 Å². The molecular formula is C15H23N3. The predicted octanol–water partition coefficient (Wildman–Crippen LogP) is 3.62. The van der Waals surface area contributed by atoms with Crippen molar-refractivity contribution in [3.8, 4) is 0 Å². The molecule has 98 valence electrons. The van der Waals surface area contributed by atoms with Gasteiger partial charge >= 0.3 is 0 Å². The average molecular weight is 245 g/mol. The summed E-state index contributed by atoms with van der Waals surface area (Å²) in [4.78, 5) is 0. The Morgan fingerprint density at radius 1 is 1.39 bits per heavy atom. The van der Waals surface area contributed by atoms with Gasteiger partial charge in [0.15, 0.2) is 0 Å². The highest BCUT2D eigenvalue weighted by atomic mass is 15.3. The van der Waals surface area contributed by atoms with Gasteiger partial charge in [-0.3, -0.25) is 0 Å². The first kappa shape index (κ1) is 11.8. The second-order valence-electron chi connectivity index (χ2n) is 5.77. The number of anilines is 1. The van der Waals surface area contributed by atoms with E-state index in [1.54, 1.807) is 0 Å². The Labute approximate surface area is 109 Å². The summed E-state index contributed by atoms with van der Waals surface area (Å²) in [6.07, 6.45) is 13.1. The second kappa shape index (κ2) is 5.17. The monoisotopic (exact) mass is 245 g/mol. The second-order valence-corrected chi connectivity index (χ2v) is 5.77. The average Bonchev–Trinajstić information content (AvgIpc) is 3.15. The molecule has 2 aliphatic rings. The van der Waals surface area contributed by atoms with E-state index >= 15 is 0 Å². The van der Waals surface area contributed by atoms with Crippen LogP contribution in [0, 0.1) is 11.8 Å². The maximum atomic E-state index is 4.48. The molecule has 3 rings (SSSR count). The molecule has 0 spiro atoms. The van der Waals surface area contributed by atoms with Gasteiger partial charge < -0.3 is 5.32 Å². The van der Waals surface area contributed by atoms with Gasteiger partial charge in [0.05, 0.1) is 12.2 Å². The van der Waals surface area contributed by atoms with Crippen LogP contribution in [0.5, 0.6) is 0 Å². The van der Waals surface area contributed by atoms with Crippen LogP contribution >= 0.6 is 0 Å². The third kappa shape index (κ3) is 2.60. The molecule has 3 heteroatoms. The highest BCUT2D eigenvalue weighted by Gasteiger charge is 2.30. The van der Waals surface area contributed by atoms with Gasteiger partial charge in [0, 0.05) is 12.6 Å². The van der Waals surface area contributed by atoms with Crippen LogP contribution in [-0.2, 0) is 0 Å². The van der Waals surface area contributed by atoms with E-state index in [9.17, 15) is 0 Å². The standard InChI is InChI=1S/C15H23N3/c1-12(14-7-8-14)18-15(9-10-17-18)16-11-13-5-3-2-4-6-13/h2-3,9-10,12-14,16H,4-8,11H2,1H3. The van der Waals surface area contributed by atoms with Crippen molar-refractivity contribution in [2.45, 2.75) is 45.1 Å². The Kier molecular flexibility index (Phi) is 3.39. The minimum absolute atomic E-state index is 0.550. The molecule has 0 aliphatic heterocycles. The molecule has 18 heavy (non-hydrogen) atoms. The van der Waals surface area contributed by atoms with Gasteiger partial charge in [-0.15, -0.1) is 0 Å². The third-order valence-electron chi connectivity index (χ3n) is 4.31. The van der Waals surface area contributed by atoms with Gasteiger partial charge in [-0.2, -0.15) is 5.10 Å². The molecule has 1 heterocycles.